The number of nitrogens with one attached hydrogen (secondary N) is 1. The molecule has 0 fully saturated rings. The van der Waals surface area contributed by atoms with Gasteiger partial charge in [0.1, 0.15) is 0 Å². The lowest BCUT2D eigenvalue weighted by molar-refractivity contribution is 0.0997. The summed E-state index contributed by atoms with van der Waals surface area (Å²) >= 11 is 7.23. The predicted octanol–water partition coefficient (Wildman–Crippen LogP) is 2.20. The summed E-state index contributed by atoms with van der Waals surface area (Å²) in [5.41, 5.74) is 6.10. The summed E-state index contributed by atoms with van der Waals surface area (Å²) in [5, 5.41) is 3.26. The van der Waals surface area contributed by atoms with Crippen molar-refractivity contribution in [3.05, 3.63) is 46.7 Å². The number of carbonyl (C=O) groups is 2. The van der Waals surface area contributed by atoms with Crippen LogP contribution in [0.15, 0.2) is 35.6 Å². The summed E-state index contributed by atoms with van der Waals surface area (Å²) in [4.78, 5) is 31.1. The molecule has 1 heterocycles. The molecule has 2 aromatic rings. The van der Waals surface area contributed by atoms with Crippen LogP contribution in [0.3, 0.4) is 0 Å². The largest absolute Gasteiger partial charge is 0.366 e. The molecule has 0 spiro atoms. The number of anilines is 1. The molecule has 8 heteroatoms. The second-order valence-electron chi connectivity index (χ2n) is 3.95. The topological polar surface area (TPSA) is 98.0 Å². The van der Waals surface area contributed by atoms with Crippen molar-refractivity contribution in [1.82, 2.24) is 9.97 Å². The van der Waals surface area contributed by atoms with Crippen LogP contribution >= 0.6 is 23.4 Å². The van der Waals surface area contributed by atoms with E-state index < -0.39 is 11.8 Å². The Bertz CT molecular complexity index is 691. The second-order valence-corrected chi connectivity index (χ2v) is 5.13. The minimum Gasteiger partial charge on any atom is -0.366 e. The molecule has 0 saturated carbocycles. The number of rotatable bonds is 4. The summed E-state index contributed by atoms with van der Waals surface area (Å²) in [5.74, 6) is -0.985. The van der Waals surface area contributed by atoms with Crippen molar-refractivity contribution in [2.75, 3.05) is 11.6 Å². The Morgan fingerprint density at radius 3 is 2.52 bits per heavy atom. The van der Waals surface area contributed by atoms with E-state index >= 15 is 0 Å². The minimum absolute atomic E-state index is 0.0926. The Kier molecular flexibility index (Phi) is 4.77. The van der Waals surface area contributed by atoms with Crippen molar-refractivity contribution in [3.63, 3.8) is 0 Å². The molecule has 0 aliphatic carbocycles. The summed E-state index contributed by atoms with van der Waals surface area (Å²) < 4.78 is 0. The first kappa shape index (κ1) is 15.3. The van der Waals surface area contributed by atoms with Crippen LogP contribution in [0.4, 0.5) is 5.69 Å². The maximum atomic E-state index is 12.1. The van der Waals surface area contributed by atoms with Crippen LogP contribution in [0.5, 0.6) is 0 Å². The zero-order chi connectivity index (χ0) is 15.4. The van der Waals surface area contributed by atoms with Crippen LogP contribution < -0.4 is 11.1 Å². The number of aromatic nitrogens is 2. The fourth-order valence-electron chi connectivity index (χ4n) is 1.52. The van der Waals surface area contributed by atoms with Crippen molar-refractivity contribution >= 4 is 40.9 Å². The third-order valence-corrected chi connectivity index (χ3v) is 3.39. The summed E-state index contributed by atoms with van der Waals surface area (Å²) in [7, 11) is 0. The van der Waals surface area contributed by atoms with Crippen LogP contribution in [-0.4, -0.2) is 28.0 Å². The van der Waals surface area contributed by atoms with Crippen molar-refractivity contribution in [2.24, 2.45) is 5.73 Å². The molecule has 3 N–H and O–H groups in total. The zero-order valence-electron chi connectivity index (χ0n) is 11.0. The van der Waals surface area contributed by atoms with E-state index in [1.807, 2.05) is 0 Å². The van der Waals surface area contributed by atoms with Crippen molar-refractivity contribution in [2.45, 2.75) is 5.16 Å². The smallest absolute Gasteiger partial charge is 0.275 e. The highest BCUT2D eigenvalue weighted by Crippen LogP contribution is 2.18. The van der Waals surface area contributed by atoms with E-state index in [1.54, 1.807) is 18.4 Å². The Morgan fingerprint density at radius 1 is 1.29 bits per heavy atom. The molecular formula is C13H11ClN4O2S. The van der Waals surface area contributed by atoms with Crippen LogP contribution in [0, 0.1) is 0 Å². The van der Waals surface area contributed by atoms with E-state index in [0.717, 1.165) is 0 Å². The molecule has 1 aromatic carbocycles. The molecule has 1 aromatic heterocycles. The first-order valence-electron chi connectivity index (χ1n) is 5.79. The van der Waals surface area contributed by atoms with Gasteiger partial charge in [-0.15, -0.1) is 0 Å². The summed E-state index contributed by atoms with van der Waals surface area (Å²) in [6, 6.07) is 6.19. The number of carbonyl (C=O) groups excluding carboxylic acids is 2. The molecule has 21 heavy (non-hydrogen) atoms. The number of thioether (sulfide) groups is 1. The van der Waals surface area contributed by atoms with Crippen LogP contribution in [0.2, 0.25) is 5.02 Å². The molecule has 108 valence electrons. The Hall–Kier alpha value is -2.12. The Labute approximate surface area is 130 Å². The van der Waals surface area contributed by atoms with Gasteiger partial charge < -0.3 is 11.1 Å². The average Bonchev–Trinajstić information content (AvgIpc) is 2.48. The molecule has 6 nitrogen and oxygen atoms in total. The molecule has 0 unspecified atom stereocenters. The number of halogens is 1. The number of nitrogens with two attached hydrogens (primary N) is 1. The van der Waals surface area contributed by atoms with E-state index in [9.17, 15) is 9.59 Å². The standard InChI is InChI=1S/C13H11ClN4O2S/c1-21-13-16-6-9(14)10(18-13)12(20)17-8-4-2-7(3-5-8)11(15)19/h2-6H,1H3,(H2,15,19)(H,17,20). The lowest BCUT2D eigenvalue weighted by Gasteiger charge is -2.07. The van der Waals surface area contributed by atoms with Gasteiger partial charge in [0.05, 0.1) is 11.2 Å². The zero-order valence-corrected chi connectivity index (χ0v) is 12.5. The Balaban J connectivity index is 2.19. The predicted molar refractivity (Wildman–Crippen MR) is 81.7 cm³/mol. The molecule has 0 radical (unpaired) electrons. The fourth-order valence-corrected chi connectivity index (χ4v) is 2.03. The van der Waals surface area contributed by atoms with Crippen molar-refractivity contribution in [1.29, 1.82) is 0 Å². The number of hydrogen-bond donors (Lipinski definition) is 2. The maximum Gasteiger partial charge on any atom is 0.275 e. The minimum atomic E-state index is -0.531. The molecule has 0 bridgehead atoms. The molecule has 0 aliphatic rings. The van der Waals surface area contributed by atoms with Gasteiger partial charge in [-0.05, 0) is 30.5 Å². The lowest BCUT2D eigenvalue weighted by atomic mass is 10.2. The Morgan fingerprint density at radius 2 is 1.95 bits per heavy atom. The molecule has 2 amide bonds. The van der Waals surface area contributed by atoms with E-state index in [4.69, 9.17) is 17.3 Å². The number of primary amides is 1. The first-order chi connectivity index (χ1) is 10.0. The van der Waals surface area contributed by atoms with Gasteiger partial charge in [-0.3, -0.25) is 9.59 Å². The van der Waals surface area contributed by atoms with Crippen LogP contribution in [-0.2, 0) is 0 Å². The van der Waals surface area contributed by atoms with Gasteiger partial charge in [0, 0.05) is 11.3 Å². The summed E-state index contributed by atoms with van der Waals surface area (Å²) in [6.07, 6.45) is 3.18. The SMILES string of the molecule is CSc1ncc(Cl)c(C(=O)Nc2ccc(C(N)=O)cc2)n1. The van der Waals surface area contributed by atoms with Gasteiger partial charge in [0.2, 0.25) is 5.91 Å². The lowest BCUT2D eigenvalue weighted by Crippen LogP contribution is -2.15. The highest BCUT2D eigenvalue weighted by molar-refractivity contribution is 7.98. The van der Waals surface area contributed by atoms with Gasteiger partial charge in [-0.1, -0.05) is 23.4 Å². The van der Waals surface area contributed by atoms with E-state index in [-0.39, 0.29) is 10.7 Å². The van der Waals surface area contributed by atoms with Gasteiger partial charge >= 0.3 is 0 Å². The van der Waals surface area contributed by atoms with Crippen molar-refractivity contribution in [3.8, 4) is 0 Å². The molecule has 0 saturated heterocycles. The quantitative estimate of drug-likeness (QED) is 0.664. The first-order valence-corrected chi connectivity index (χ1v) is 7.39. The second kappa shape index (κ2) is 6.55. The third-order valence-electron chi connectivity index (χ3n) is 2.55. The average molecular weight is 323 g/mol. The highest BCUT2D eigenvalue weighted by Gasteiger charge is 2.14. The number of nitrogens with zero attached hydrogens (tertiary/aromatic N) is 2. The molecule has 2 rings (SSSR count). The van der Waals surface area contributed by atoms with Gasteiger partial charge in [-0.25, -0.2) is 9.97 Å². The normalized spacial score (nSPS) is 10.2. The monoisotopic (exact) mass is 322 g/mol. The van der Waals surface area contributed by atoms with Gasteiger partial charge in [0.25, 0.3) is 5.91 Å². The van der Waals surface area contributed by atoms with Crippen molar-refractivity contribution < 1.29 is 9.59 Å². The van der Waals surface area contributed by atoms with Crippen LogP contribution in [0.25, 0.3) is 0 Å². The van der Waals surface area contributed by atoms with E-state index in [2.05, 4.69) is 15.3 Å². The molecule has 0 aliphatic heterocycles. The third kappa shape index (κ3) is 3.71. The van der Waals surface area contributed by atoms with Crippen LogP contribution in [0.1, 0.15) is 20.8 Å². The van der Waals surface area contributed by atoms with Gasteiger partial charge in [-0.2, -0.15) is 0 Å². The summed E-state index contributed by atoms with van der Waals surface area (Å²) in [6.45, 7) is 0. The number of benzene rings is 1. The maximum absolute atomic E-state index is 12.1. The number of amides is 2. The number of hydrogen-bond acceptors (Lipinski definition) is 5. The molecule has 0 atom stereocenters. The van der Waals surface area contributed by atoms with E-state index in [0.29, 0.717) is 16.4 Å². The fraction of sp³-hybridized carbons (Fsp3) is 0.0769. The highest BCUT2D eigenvalue weighted by atomic mass is 35.5. The van der Waals surface area contributed by atoms with E-state index in [1.165, 1.54) is 30.1 Å². The molecular weight excluding hydrogens is 312 g/mol. The van der Waals surface area contributed by atoms with Gasteiger partial charge in [0.15, 0.2) is 10.9 Å².